The lowest BCUT2D eigenvalue weighted by Crippen LogP contribution is -2.32. The highest BCUT2D eigenvalue weighted by molar-refractivity contribution is 14.0. The van der Waals surface area contributed by atoms with E-state index >= 15 is 0 Å². The lowest BCUT2D eigenvalue weighted by molar-refractivity contribution is 0.412. The molecule has 0 unspecified atom stereocenters. The Bertz CT molecular complexity index is 327. The molecule has 1 heterocycles. The number of hydrogen-bond acceptors (Lipinski definition) is 3. The molecular formula is C13H25IN4O. The van der Waals surface area contributed by atoms with E-state index in [0.717, 1.165) is 18.7 Å². The van der Waals surface area contributed by atoms with Crippen LogP contribution in [0, 0.1) is 0 Å². The molecule has 0 saturated carbocycles. The third kappa shape index (κ3) is 9.75. The third-order valence-corrected chi connectivity index (χ3v) is 2.74. The molecule has 0 bridgehead atoms. The Kier molecular flexibility index (Phi) is 11.7. The van der Waals surface area contributed by atoms with Gasteiger partial charge < -0.3 is 15.6 Å². The summed E-state index contributed by atoms with van der Waals surface area (Å²) in [5.74, 6) is 0.478. The van der Waals surface area contributed by atoms with Gasteiger partial charge >= 0.3 is 0 Å². The summed E-state index contributed by atoms with van der Waals surface area (Å²) in [6.07, 6.45) is 9.21. The van der Waals surface area contributed by atoms with Gasteiger partial charge in [-0.25, -0.2) is 4.99 Å². The third-order valence-electron chi connectivity index (χ3n) is 2.74. The quantitative estimate of drug-likeness (QED) is 0.299. The number of unbranched alkanes of at least 4 members (excludes halogenated alkanes) is 5. The summed E-state index contributed by atoms with van der Waals surface area (Å²) in [6.45, 7) is 3.58. The molecular weight excluding hydrogens is 355 g/mol. The van der Waals surface area contributed by atoms with E-state index in [2.05, 4.69) is 22.4 Å². The number of nitrogens with two attached hydrogens (primary N) is 1. The summed E-state index contributed by atoms with van der Waals surface area (Å²) in [6, 6.07) is 1.78. The topological polar surface area (TPSA) is 76.4 Å². The second-order valence-electron chi connectivity index (χ2n) is 4.39. The van der Waals surface area contributed by atoms with Gasteiger partial charge in [0.2, 0.25) is 0 Å². The van der Waals surface area contributed by atoms with Crippen LogP contribution in [-0.4, -0.2) is 17.7 Å². The molecule has 0 atom stereocenters. The fraction of sp³-hybridized carbons (Fsp3) is 0.692. The van der Waals surface area contributed by atoms with Gasteiger partial charge in [-0.3, -0.25) is 0 Å². The van der Waals surface area contributed by atoms with Crippen molar-refractivity contribution in [3.63, 3.8) is 0 Å². The van der Waals surface area contributed by atoms with E-state index in [4.69, 9.17) is 10.3 Å². The largest absolute Gasteiger partial charge is 0.370 e. The SMILES string of the molecule is CCCCCCCCNC(N)=NCc1ccon1.I. The lowest BCUT2D eigenvalue weighted by atomic mass is 10.1. The van der Waals surface area contributed by atoms with Crippen molar-refractivity contribution in [3.05, 3.63) is 18.0 Å². The molecule has 0 amide bonds. The van der Waals surface area contributed by atoms with Crippen LogP contribution in [0.15, 0.2) is 21.8 Å². The fourth-order valence-corrected chi connectivity index (χ4v) is 1.66. The van der Waals surface area contributed by atoms with Crippen molar-refractivity contribution in [2.24, 2.45) is 10.7 Å². The molecule has 1 aromatic rings. The molecule has 0 radical (unpaired) electrons. The second-order valence-corrected chi connectivity index (χ2v) is 4.39. The van der Waals surface area contributed by atoms with Crippen molar-refractivity contribution in [2.75, 3.05) is 6.54 Å². The highest BCUT2D eigenvalue weighted by Crippen LogP contribution is 2.03. The van der Waals surface area contributed by atoms with Crippen LogP contribution < -0.4 is 11.1 Å². The van der Waals surface area contributed by atoms with E-state index in [1.165, 1.54) is 38.4 Å². The summed E-state index contributed by atoms with van der Waals surface area (Å²) in [4.78, 5) is 4.17. The highest BCUT2D eigenvalue weighted by atomic mass is 127. The minimum atomic E-state index is 0. The zero-order valence-electron chi connectivity index (χ0n) is 11.6. The Balaban J connectivity index is 0.00000324. The monoisotopic (exact) mass is 380 g/mol. The van der Waals surface area contributed by atoms with Crippen LogP contribution in [0.5, 0.6) is 0 Å². The molecule has 5 nitrogen and oxygen atoms in total. The van der Waals surface area contributed by atoms with Crippen molar-refractivity contribution in [1.29, 1.82) is 0 Å². The van der Waals surface area contributed by atoms with Crippen LogP contribution in [-0.2, 0) is 6.54 Å². The van der Waals surface area contributed by atoms with E-state index in [-0.39, 0.29) is 24.0 Å². The van der Waals surface area contributed by atoms with Gasteiger partial charge in [0.1, 0.15) is 12.0 Å². The molecule has 0 saturated heterocycles. The Labute approximate surface area is 132 Å². The fourth-order valence-electron chi connectivity index (χ4n) is 1.66. The average Bonchev–Trinajstić information content (AvgIpc) is 2.88. The van der Waals surface area contributed by atoms with E-state index in [1.54, 1.807) is 6.07 Å². The zero-order chi connectivity index (χ0) is 13.1. The number of rotatable bonds is 9. The Morgan fingerprint density at radius 3 is 2.74 bits per heavy atom. The maximum Gasteiger partial charge on any atom is 0.188 e. The van der Waals surface area contributed by atoms with Crippen molar-refractivity contribution in [1.82, 2.24) is 10.5 Å². The molecule has 0 fully saturated rings. The maximum atomic E-state index is 5.73. The molecule has 110 valence electrons. The number of guanidine groups is 1. The summed E-state index contributed by atoms with van der Waals surface area (Å²) < 4.78 is 4.71. The first-order chi connectivity index (χ1) is 8.83. The van der Waals surface area contributed by atoms with Crippen LogP contribution >= 0.6 is 24.0 Å². The van der Waals surface area contributed by atoms with Crippen molar-refractivity contribution >= 4 is 29.9 Å². The predicted molar refractivity (Wildman–Crippen MR) is 88.6 cm³/mol. The van der Waals surface area contributed by atoms with Gasteiger partial charge in [-0.2, -0.15) is 0 Å². The number of nitrogens with one attached hydrogen (secondary N) is 1. The molecule has 3 N–H and O–H groups in total. The summed E-state index contributed by atoms with van der Waals surface area (Å²) in [5.41, 5.74) is 6.52. The van der Waals surface area contributed by atoms with E-state index in [1.807, 2.05) is 0 Å². The van der Waals surface area contributed by atoms with Gasteiger partial charge in [0.15, 0.2) is 5.96 Å². The minimum absolute atomic E-state index is 0. The first kappa shape index (κ1) is 18.2. The summed E-state index contributed by atoms with van der Waals surface area (Å²) in [7, 11) is 0. The van der Waals surface area contributed by atoms with E-state index in [9.17, 15) is 0 Å². The Morgan fingerprint density at radius 2 is 2.05 bits per heavy atom. The molecule has 0 aliphatic heterocycles. The highest BCUT2D eigenvalue weighted by Gasteiger charge is 1.96. The van der Waals surface area contributed by atoms with Crippen molar-refractivity contribution in [2.45, 2.75) is 52.0 Å². The molecule has 1 aromatic heterocycles. The molecule has 19 heavy (non-hydrogen) atoms. The smallest absolute Gasteiger partial charge is 0.188 e. The van der Waals surface area contributed by atoms with Crippen LogP contribution in [0.2, 0.25) is 0 Å². The zero-order valence-corrected chi connectivity index (χ0v) is 13.9. The number of aliphatic imine (C=N–C) groups is 1. The van der Waals surface area contributed by atoms with Gasteiger partial charge in [0, 0.05) is 12.6 Å². The number of halogens is 1. The standard InChI is InChI=1S/C13H24N4O.HI/c1-2-3-4-5-6-7-9-15-13(14)16-11-12-8-10-18-17-12;/h8,10H,2-7,9,11H2,1H3,(H3,14,15,16);1H. The van der Waals surface area contributed by atoms with Crippen LogP contribution in [0.3, 0.4) is 0 Å². The average molecular weight is 380 g/mol. The lowest BCUT2D eigenvalue weighted by Gasteiger charge is -2.05. The minimum Gasteiger partial charge on any atom is -0.370 e. The second kappa shape index (κ2) is 12.3. The van der Waals surface area contributed by atoms with Gasteiger partial charge in [-0.15, -0.1) is 24.0 Å². The first-order valence-corrected chi connectivity index (χ1v) is 6.76. The molecule has 0 spiro atoms. The van der Waals surface area contributed by atoms with E-state index < -0.39 is 0 Å². The number of nitrogens with zero attached hydrogens (tertiary/aromatic N) is 2. The van der Waals surface area contributed by atoms with Crippen LogP contribution in [0.25, 0.3) is 0 Å². The van der Waals surface area contributed by atoms with Gasteiger partial charge in [-0.05, 0) is 6.42 Å². The number of hydrogen-bond donors (Lipinski definition) is 2. The van der Waals surface area contributed by atoms with Gasteiger partial charge in [0.05, 0.1) is 6.54 Å². The first-order valence-electron chi connectivity index (χ1n) is 6.76. The molecule has 0 aromatic carbocycles. The normalized spacial score (nSPS) is 11.1. The number of aromatic nitrogens is 1. The molecule has 0 aliphatic carbocycles. The van der Waals surface area contributed by atoms with Crippen LogP contribution in [0.1, 0.15) is 51.1 Å². The summed E-state index contributed by atoms with van der Waals surface area (Å²) >= 11 is 0. The molecule has 1 rings (SSSR count). The Hall–Kier alpha value is -0.790. The van der Waals surface area contributed by atoms with Gasteiger partial charge in [-0.1, -0.05) is 44.2 Å². The molecule has 6 heteroatoms. The Morgan fingerprint density at radius 1 is 1.32 bits per heavy atom. The van der Waals surface area contributed by atoms with Gasteiger partial charge in [0.25, 0.3) is 0 Å². The van der Waals surface area contributed by atoms with Crippen molar-refractivity contribution < 1.29 is 4.52 Å². The maximum absolute atomic E-state index is 5.73. The molecule has 0 aliphatic rings. The predicted octanol–water partition coefficient (Wildman–Crippen LogP) is 3.06. The summed E-state index contributed by atoms with van der Waals surface area (Å²) in [5, 5.41) is 6.87. The van der Waals surface area contributed by atoms with E-state index in [0.29, 0.717) is 12.5 Å². The van der Waals surface area contributed by atoms with Crippen LogP contribution in [0.4, 0.5) is 0 Å². The van der Waals surface area contributed by atoms with Crippen molar-refractivity contribution in [3.8, 4) is 0 Å².